The van der Waals surface area contributed by atoms with E-state index in [1.165, 1.54) is 5.56 Å². The highest BCUT2D eigenvalue weighted by Crippen LogP contribution is 2.00. The molecule has 0 radical (unpaired) electrons. The Kier molecular flexibility index (Phi) is 9.59. The van der Waals surface area contributed by atoms with E-state index in [1.54, 1.807) is 0 Å². The van der Waals surface area contributed by atoms with Crippen molar-refractivity contribution in [2.24, 2.45) is 0 Å². The molecule has 0 aliphatic carbocycles. The molecule has 2 heteroatoms. The summed E-state index contributed by atoms with van der Waals surface area (Å²) in [5.41, 5.74) is 1.18. The molecule has 0 aromatic heterocycles. The van der Waals surface area contributed by atoms with Crippen LogP contribution in [0.2, 0.25) is 0 Å². The van der Waals surface area contributed by atoms with Crippen molar-refractivity contribution in [1.29, 1.82) is 0 Å². The molecule has 0 unspecified atom stereocenters. The van der Waals surface area contributed by atoms with E-state index < -0.39 is 0 Å². The second-order valence-electron chi connectivity index (χ2n) is 2.62. The van der Waals surface area contributed by atoms with Crippen molar-refractivity contribution in [3.63, 3.8) is 0 Å². The molecule has 0 aliphatic heterocycles. The average Bonchev–Trinajstić information content (AvgIpc) is 2.29. The third-order valence-corrected chi connectivity index (χ3v) is 1.56. The Labute approximate surface area is 86.5 Å². The van der Waals surface area contributed by atoms with Gasteiger partial charge in [-0.2, -0.15) is 0 Å². The monoisotopic (exact) mass is 196 g/mol. The van der Waals surface area contributed by atoms with Crippen LogP contribution in [0.1, 0.15) is 25.8 Å². The summed E-state index contributed by atoms with van der Waals surface area (Å²) in [7, 11) is 0. The van der Waals surface area contributed by atoms with Gasteiger partial charge in [0.25, 0.3) is 0 Å². The first-order chi connectivity index (χ1) is 6.93. The fourth-order valence-electron chi connectivity index (χ4n) is 0.931. The lowest BCUT2D eigenvalue weighted by atomic mass is 10.2. The summed E-state index contributed by atoms with van der Waals surface area (Å²) < 4.78 is 5.30. The van der Waals surface area contributed by atoms with Gasteiger partial charge in [0.2, 0.25) is 0 Å². The molecule has 1 rings (SSSR count). The van der Waals surface area contributed by atoms with E-state index in [2.05, 4.69) is 0 Å². The molecular formula is C12H20O2. The van der Waals surface area contributed by atoms with Gasteiger partial charge >= 0.3 is 0 Å². The molecule has 0 heterocycles. The number of rotatable bonds is 5. The molecule has 0 saturated heterocycles. The maximum atomic E-state index is 8.48. The van der Waals surface area contributed by atoms with Crippen molar-refractivity contribution >= 4 is 0 Å². The molecule has 0 atom stereocenters. The van der Waals surface area contributed by atoms with Crippen LogP contribution in [0.4, 0.5) is 0 Å². The van der Waals surface area contributed by atoms with E-state index in [9.17, 15) is 0 Å². The van der Waals surface area contributed by atoms with Gasteiger partial charge in [-0.3, -0.25) is 0 Å². The third kappa shape index (κ3) is 6.63. The van der Waals surface area contributed by atoms with E-state index in [0.717, 1.165) is 0 Å². The van der Waals surface area contributed by atoms with Crippen LogP contribution in [0, 0.1) is 0 Å². The van der Waals surface area contributed by atoms with Crippen molar-refractivity contribution in [3.05, 3.63) is 35.9 Å². The Bertz CT molecular complexity index is 197. The lowest BCUT2D eigenvalue weighted by Crippen LogP contribution is -1.97. The first-order valence-electron chi connectivity index (χ1n) is 5.16. The summed E-state index contributed by atoms with van der Waals surface area (Å²) in [6.45, 7) is 5.47. The van der Waals surface area contributed by atoms with Crippen LogP contribution >= 0.6 is 0 Å². The molecule has 0 spiro atoms. The van der Waals surface area contributed by atoms with Crippen LogP contribution in [0.3, 0.4) is 0 Å². The zero-order chi connectivity index (χ0) is 10.6. The first kappa shape index (κ1) is 13.1. The van der Waals surface area contributed by atoms with Crippen molar-refractivity contribution in [2.45, 2.75) is 26.9 Å². The highest BCUT2D eigenvalue weighted by molar-refractivity contribution is 5.13. The summed E-state index contributed by atoms with van der Waals surface area (Å²) >= 11 is 0. The van der Waals surface area contributed by atoms with Crippen molar-refractivity contribution in [2.75, 3.05) is 13.2 Å². The topological polar surface area (TPSA) is 29.5 Å². The van der Waals surface area contributed by atoms with Crippen LogP contribution < -0.4 is 0 Å². The van der Waals surface area contributed by atoms with Crippen molar-refractivity contribution < 1.29 is 9.84 Å². The number of benzene rings is 1. The fraction of sp³-hybridized carbons (Fsp3) is 0.500. The van der Waals surface area contributed by atoms with Gasteiger partial charge in [0.15, 0.2) is 0 Å². The molecule has 2 nitrogen and oxygen atoms in total. The predicted molar refractivity (Wildman–Crippen MR) is 59.1 cm³/mol. The maximum absolute atomic E-state index is 8.48. The lowest BCUT2D eigenvalue weighted by molar-refractivity contribution is 0.104. The summed E-state index contributed by atoms with van der Waals surface area (Å²) in [6.07, 6.45) is 0.715. The zero-order valence-electron chi connectivity index (χ0n) is 9.07. The Hall–Kier alpha value is -0.860. The summed E-state index contributed by atoms with van der Waals surface area (Å²) in [5.74, 6) is 0. The lowest BCUT2D eigenvalue weighted by Gasteiger charge is -2.01. The highest BCUT2D eigenvalue weighted by atomic mass is 16.5. The van der Waals surface area contributed by atoms with E-state index in [4.69, 9.17) is 9.84 Å². The zero-order valence-corrected chi connectivity index (χ0v) is 9.07. The molecule has 1 N–H and O–H groups in total. The van der Waals surface area contributed by atoms with Crippen LogP contribution in [-0.2, 0) is 11.3 Å². The Morgan fingerprint density at radius 1 is 1.14 bits per heavy atom. The van der Waals surface area contributed by atoms with Gasteiger partial charge in [0.05, 0.1) is 6.61 Å². The third-order valence-electron chi connectivity index (χ3n) is 1.56. The standard InChI is InChI=1S/C10H14O2.C2H6/c11-7-4-8-12-9-10-5-2-1-3-6-10;1-2/h1-3,5-6,11H,4,7-9H2;1-2H3. The summed E-state index contributed by atoms with van der Waals surface area (Å²) in [5, 5.41) is 8.48. The van der Waals surface area contributed by atoms with Crippen molar-refractivity contribution in [1.82, 2.24) is 0 Å². The molecule has 1 aromatic rings. The van der Waals surface area contributed by atoms with Crippen LogP contribution in [0.25, 0.3) is 0 Å². The van der Waals surface area contributed by atoms with E-state index in [0.29, 0.717) is 19.6 Å². The molecule has 0 fully saturated rings. The van der Waals surface area contributed by atoms with Crippen LogP contribution in [-0.4, -0.2) is 18.3 Å². The molecular weight excluding hydrogens is 176 g/mol. The van der Waals surface area contributed by atoms with Gasteiger partial charge in [-0.25, -0.2) is 0 Å². The van der Waals surface area contributed by atoms with E-state index in [1.807, 2.05) is 44.2 Å². The highest BCUT2D eigenvalue weighted by Gasteiger charge is 1.90. The summed E-state index contributed by atoms with van der Waals surface area (Å²) in [6, 6.07) is 10.0. The van der Waals surface area contributed by atoms with Gasteiger partial charge in [0, 0.05) is 13.2 Å². The number of hydrogen-bond acceptors (Lipinski definition) is 2. The van der Waals surface area contributed by atoms with Crippen LogP contribution in [0.15, 0.2) is 30.3 Å². The first-order valence-corrected chi connectivity index (χ1v) is 5.16. The van der Waals surface area contributed by atoms with Gasteiger partial charge in [-0.15, -0.1) is 0 Å². The summed E-state index contributed by atoms with van der Waals surface area (Å²) in [4.78, 5) is 0. The molecule has 1 aromatic carbocycles. The number of aliphatic hydroxyl groups is 1. The molecule has 14 heavy (non-hydrogen) atoms. The second kappa shape index (κ2) is 10.2. The molecule has 80 valence electrons. The Balaban J connectivity index is 0.000000791. The average molecular weight is 196 g/mol. The predicted octanol–water partition coefficient (Wildman–Crippen LogP) is 2.61. The van der Waals surface area contributed by atoms with Gasteiger partial charge in [-0.05, 0) is 12.0 Å². The Morgan fingerprint density at radius 2 is 1.79 bits per heavy atom. The number of aliphatic hydroxyl groups excluding tert-OH is 1. The minimum absolute atomic E-state index is 0.203. The quantitative estimate of drug-likeness (QED) is 0.733. The SMILES string of the molecule is CC.OCCCOCc1ccccc1. The number of ether oxygens (including phenoxy) is 1. The Morgan fingerprint density at radius 3 is 2.36 bits per heavy atom. The molecule has 0 bridgehead atoms. The van der Waals surface area contributed by atoms with Gasteiger partial charge in [0.1, 0.15) is 0 Å². The fourth-order valence-corrected chi connectivity index (χ4v) is 0.931. The molecule has 0 saturated carbocycles. The maximum Gasteiger partial charge on any atom is 0.0716 e. The van der Waals surface area contributed by atoms with Crippen molar-refractivity contribution in [3.8, 4) is 0 Å². The normalized spacial score (nSPS) is 9.07. The smallest absolute Gasteiger partial charge is 0.0716 e. The second-order valence-corrected chi connectivity index (χ2v) is 2.62. The molecule has 0 amide bonds. The number of hydrogen-bond donors (Lipinski definition) is 1. The molecule has 0 aliphatic rings. The van der Waals surface area contributed by atoms with Gasteiger partial charge in [-0.1, -0.05) is 44.2 Å². The minimum atomic E-state index is 0.203. The largest absolute Gasteiger partial charge is 0.396 e. The van der Waals surface area contributed by atoms with Gasteiger partial charge < -0.3 is 9.84 Å². The van der Waals surface area contributed by atoms with E-state index in [-0.39, 0.29) is 6.61 Å². The van der Waals surface area contributed by atoms with E-state index >= 15 is 0 Å². The van der Waals surface area contributed by atoms with Crippen LogP contribution in [0.5, 0.6) is 0 Å². The minimum Gasteiger partial charge on any atom is -0.396 e.